The number of hydrogen-bond acceptors (Lipinski definition) is 4. The van der Waals surface area contributed by atoms with Crippen LogP contribution in [0, 0.1) is 23.3 Å². The Bertz CT molecular complexity index is 2350. The van der Waals surface area contributed by atoms with E-state index >= 15 is 0 Å². The highest BCUT2D eigenvalue weighted by Gasteiger charge is 2.15. The van der Waals surface area contributed by atoms with E-state index in [2.05, 4.69) is 9.97 Å². The maximum atomic E-state index is 13.8. The summed E-state index contributed by atoms with van der Waals surface area (Å²) in [5.74, 6) is -3.59. The maximum Gasteiger partial charge on any atom is 0.159 e. The van der Waals surface area contributed by atoms with Gasteiger partial charge in [0.2, 0.25) is 0 Å². The van der Waals surface area contributed by atoms with Crippen LogP contribution in [0.3, 0.4) is 0 Å². The largest absolute Gasteiger partial charge is 0.373 e. The molecule has 2 unspecified atom stereocenters. The molecule has 254 valence electrons. The van der Waals surface area contributed by atoms with E-state index in [4.69, 9.17) is 20.8 Å². The van der Waals surface area contributed by atoms with Crippen molar-refractivity contribution in [3.05, 3.63) is 141 Å². The van der Waals surface area contributed by atoms with Crippen LogP contribution in [-0.4, -0.2) is 33.1 Å². The van der Waals surface area contributed by atoms with Gasteiger partial charge in [-0.2, -0.15) is 0 Å². The Morgan fingerprint density at radius 2 is 1.08 bits per heavy atom. The van der Waals surface area contributed by atoms with Gasteiger partial charge in [0, 0.05) is 33.2 Å². The van der Waals surface area contributed by atoms with E-state index in [1.165, 1.54) is 12.1 Å². The Morgan fingerprint density at radius 3 is 1.66 bits per heavy atom. The average Bonchev–Trinajstić information content (AvgIpc) is 3.89. The number of ether oxygens (including phenoxy) is 2. The molecule has 0 saturated carbocycles. The lowest BCUT2D eigenvalue weighted by atomic mass is 10.1. The molecule has 6 nitrogen and oxygen atoms in total. The number of nitrogens with zero attached hydrogens (tertiary/aromatic N) is 2. The van der Waals surface area contributed by atoms with Crippen molar-refractivity contribution in [3.63, 3.8) is 0 Å². The Balaban J connectivity index is 1.27. The number of aromatic nitrogens is 4. The minimum absolute atomic E-state index is 0.221. The van der Waals surface area contributed by atoms with Crippen LogP contribution in [0.5, 0.6) is 0 Å². The van der Waals surface area contributed by atoms with Crippen molar-refractivity contribution in [2.24, 2.45) is 0 Å². The maximum absolute atomic E-state index is 13.8. The van der Waals surface area contributed by atoms with Crippen LogP contribution in [-0.2, 0) is 22.3 Å². The number of halogens is 4. The van der Waals surface area contributed by atoms with E-state index in [1.807, 2.05) is 68.5 Å². The molecule has 0 radical (unpaired) electrons. The van der Waals surface area contributed by atoms with Crippen LogP contribution in [0.15, 0.2) is 72.8 Å². The molecule has 2 N–H and O–H groups in total. The second-order valence-corrected chi connectivity index (χ2v) is 12.3. The van der Waals surface area contributed by atoms with Gasteiger partial charge >= 0.3 is 0 Å². The van der Waals surface area contributed by atoms with Gasteiger partial charge in [-0.3, -0.25) is 0 Å². The lowest BCUT2D eigenvalue weighted by molar-refractivity contribution is 0.0689. The zero-order valence-electron chi connectivity index (χ0n) is 28.4. The van der Waals surface area contributed by atoms with Crippen LogP contribution in [0.4, 0.5) is 17.6 Å². The fourth-order valence-corrected chi connectivity index (χ4v) is 5.99. The molecule has 0 amide bonds. The third-order valence-electron chi connectivity index (χ3n) is 8.61. The van der Waals surface area contributed by atoms with Gasteiger partial charge in [0.1, 0.15) is 0 Å². The van der Waals surface area contributed by atoms with Gasteiger partial charge in [-0.25, -0.2) is 27.5 Å². The second-order valence-electron chi connectivity index (χ2n) is 12.3. The van der Waals surface area contributed by atoms with Crippen molar-refractivity contribution < 1.29 is 28.4 Å². The van der Waals surface area contributed by atoms with Crippen molar-refractivity contribution in [1.29, 1.82) is 0 Å². The Labute approximate surface area is 287 Å². The average molecular weight is 680 g/mol. The molecular formula is C40H34F4N4O2. The van der Waals surface area contributed by atoms with Crippen molar-refractivity contribution in [2.45, 2.75) is 38.9 Å². The standard InChI is InChI=1S/C40H34F4N4O2/c1-23(49-13-11-25-3-9-35(41)37(43)15-25)33-19-31-18-29-6-5-27(45-29)17-28-7-8-30(46-28)21-39-34(20-32(48-39)22-40(33)47-31)24(2)50-14-12-26-4-10-36(42)38(44)16-26/h3-10,15-24,47-48H,11-14H2,1-2H3/i19D. The molecule has 5 heterocycles. The van der Waals surface area contributed by atoms with E-state index in [-0.39, 0.29) is 25.4 Å². The molecule has 3 aromatic heterocycles. The number of hydrogen-bond donors (Lipinski definition) is 2. The first kappa shape index (κ1) is 31.9. The van der Waals surface area contributed by atoms with Crippen LogP contribution >= 0.6 is 0 Å². The first-order chi connectivity index (χ1) is 24.6. The zero-order chi connectivity index (χ0) is 35.6. The Morgan fingerprint density at radius 1 is 0.580 bits per heavy atom. The van der Waals surface area contributed by atoms with E-state index < -0.39 is 29.4 Å². The van der Waals surface area contributed by atoms with Crippen molar-refractivity contribution in [3.8, 4) is 0 Å². The highest BCUT2D eigenvalue weighted by molar-refractivity contribution is 5.79. The molecule has 2 aliphatic heterocycles. The van der Waals surface area contributed by atoms with Crippen LogP contribution in [0.2, 0.25) is 0 Å². The first-order valence-electron chi connectivity index (χ1n) is 16.8. The monoisotopic (exact) mass is 679 g/mol. The number of fused-ring (bicyclic) bond motifs is 8. The summed E-state index contributed by atoms with van der Waals surface area (Å²) in [4.78, 5) is 16.3. The summed E-state index contributed by atoms with van der Waals surface area (Å²) in [6.07, 6.45) is 7.45. The van der Waals surface area contributed by atoms with Gasteiger partial charge in [-0.1, -0.05) is 12.1 Å². The molecule has 0 spiro atoms. The Hall–Kier alpha value is -5.32. The van der Waals surface area contributed by atoms with Gasteiger partial charge < -0.3 is 19.4 Å². The zero-order valence-corrected chi connectivity index (χ0v) is 27.4. The molecular weight excluding hydrogens is 644 g/mol. The third kappa shape index (κ3) is 7.61. The lowest BCUT2D eigenvalue weighted by Crippen LogP contribution is -2.04. The van der Waals surface area contributed by atoms with E-state index in [0.717, 1.165) is 51.9 Å². The summed E-state index contributed by atoms with van der Waals surface area (Å²) >= 11 is 0. The summed E-state index contributed by atoms with van der Waals surface area (Å²) in [6.45, 7) is 4.27. The molecule has 8 bridgehead atoms. The number of benzene rings is 2. The van der Waals surface area contributed by atoms with Crippen LogP contribution < -0.4 is 0 Å². The predicted molar refractivity (Wildman–Crippen MR) is 188 cm³/mol. The second kappa shape index (κ2) is 14.3. The highest BCUT2D eigenvalue weighted by Crippen LogP contribution is 2.29. The number of rotatable bonds is 10. The van der Waals surface area contributed by atoms with Crippen molar-refractivity contribution in [1.82, 2.24) is 19.9 Å². The molecule has 2 atom stereocenters. The minimum Gasteiger partial charge on any atom is -0.373 e. The molecule has 0 fully saturated rings. The summed E-state index contributed by atoms with van der Waals surface area (Å²) in [7, 11) is 0. The van der Waals surface area contributed by atoms with Crippen molar-refractivity contribution >= 4 is 46.4 Å². The molecule has 5 aromatic rings. The summed E-state index contributed by atoms with van der Waals surface area (Å²) in [5.41, 5.74) is 8.28. The highest BCUT2D eigenvalue weighted by atomic mass is 19.2. The summed E-state index contributed by atoms with van der Waals surface area (Å²) < 4.78 is 75.9. The number of aromatic amines is 2. The third-order valence-corrected chi connectivity index (χ3v) is 8.61. The predicted octanol–water partition coefficient (Wildman–Crippen LogP) is 9.85. The lowest BCUT2D eigenvalue weighted by Gasteiger charge is -2.12. The minimum atomic E-state index is -0.909. The van der Waals surface area contributed by atoms with Gasteiger partial charge in [0.25, 0.3) is 0 Å². The molecule has 2 aliphatic rings. The summed E-state index contributed by atoms with van der Waals surface area (Å²) in [6, 6.07) is 17.4. The SMILES string of the molecule is [2H]c1c(C(C)OCCc2ccc(F)c(F)c2)c2cc3cc(C(C)OCCc4ccc(F)c(F)c4)c(cc4nc(cc5nc(cc1[nH]2)C=C5)C=C4)[nH]3. The van der Waals surface area contributed by atoms with E-state index in [1.54, 1.807) is 6.07 Å². The first-order valence-corrected chi connectivity index (χ1v) is 16.3. The van der Waals surface area contributed by atoms with Gasteiger partial charge in [-0.15, -0.1) is 0 Å². The smallest absolute Gasteiger partial charge is 0.159 e. The van der Waals surface area contributed by atoms with Crippen molar-refractivity contribution in [2.75, 3.05) is 13.2 Å². The fourth-order valence-electron chi connectivity index (χ4n) is 5.99. The normalized spacial score (nSPS) is 13.8. The van der Waals surface area contributed by atoms with Gasteiger partial charge in [-0.05, 0) is 123 Å². The number of nitrogens with one attached hydrogen (secondary N) is 2. The van der Waals surface area contributed by atoms with Gasteiger partial charge in [0.05, 0.1) is 49.6 Å². The molecule has 2 aromatic carbocycles. The molecule has 0 saturated heterocycles. The topological polar surface area (TPSA) is 75.8 Å². The molecule has 0 aliphatic carbocycles. The Kier molecular flexibility index (Phi) is 9.11. The molecule has 50 heavy (non-hydrogen) atoms. The molecule has 7 rings (SSSR count). The fraction of sp³-hybridized carbons (Fsp3) is 0.200. The number of H-pyrrole nitrogens is 2. The summed E-state index contributed by atoms with van der Waals surface area (Å²) in [5, 5.41) is 0. The van der Waals surface area contributed by atoms with E-state index in [9.17, 15) is 17.6 Å². The molecule has 10 heteroatoms. The van der Waals surface area contributed by atoms with Gasteiger partial charge in [0.15, 0.2) is 23.3 Å². The van der Waals surface area contributed by atoms with Crippen LogP contribution in [0.1, 0.15) is 72.5 Å². The van der Waals surface area contributed by atoms with Crippen LogP contribution in [0.25, 0.3) is 46.4 Å². The van der Waals surface area contributed by atoms with E-state index in [0.29, 0.717) is 46.3 Å². The quantitative estimate of drug-likeness (QED) is 0.141.